The molecule has 0 amide bonds. The van der Waals surface area contributed by atoms with Crippen LogP contribution < -0.4 is 11.5 Å². The molecule has 0 fully saturated rings. The van der Waals surface area contributed by atoms with E-state index in [0.717, 1.165) is 0 Å². The van der Waals surface area contributed by atoms with E-state index in [0.29, 0.717) is 0 Å². The van der Waals surface area contributed by atoms with Gasteiger partial charge >= 0.3 is 10.4 Å². The molecule has 6 N–H and O–H groups in total. The summed E-state index contributed by atoms with van der Waals surface area (Å²) in [7, 11) is -4.67. The van der Waals surface area contributed by atoms with Crippen molar-refractivity contribution < 1.29 is 17.5 Å². The largest absolute Gasteiger partial charge is 0.394 e. The van der Waals surface area contributed by atoms with Gasteiger partial charge in [0.2, 0.25) is 0 Å². The molecule has 6 nitrogen and oxygen atoms in total. The van der Waals surface area contributed by atoms with Crippen LogP contribution in [0.1, 0.15) is 56.6 Å². The van der Waals surface area contributed by atoms with Gasteiger partial charge in [-0.1, -0.05) is 97.1 Å². The average Bonchev–Trinajstić information content (AvgIpc) is 2.84. The Labute approximate surface area is 220 Å². The van der Waals surface area contributed by atoms with Crippen LogP contribution in [-0.2, 0) is 10.4 Å². The van der Waals surface area contributed by atoms with Crippen LogP contribution in [0.5, 0.6) is 0 Å². The smallest absolute Gasteiger partial charge is 0.320 e. The van der Waals surface area contributed by atoms with Gasteiger partial charge in [-0.25, -0.2) is 0 Å². The topological polar surface area (TPSA) is 127 Å². The Kier molecular flexibility index (Phi) is 11.2. The average molecular weight is 521 g/mol. The predicted molar refractivity (Wildman–Crippen MR) is 151 cm³/mol. The fraction of sp³-hybridized carbons (Fsp3) is 0.200. The summed E-state index contributed by atoms with van der Waals surface area (Å²) in [5, 5.41) is 0. The Balaban J connectivity index is 0.000000221. The number of aryl methyl sites for hydroxylation is 4. The monoisotopic (exact) mass is 520 g/mol. The molecule has 196 valence electrons. The summed E-state index contributed by atoms with van der Waals surface area (Å²) in [6.07, 6.45) is 0. The van der Waals surface area contributed by atoms with E-state index in [1.165, 1.54) is 44.5 Å². The third kappa shape index (κ3) is 9.57. The lowest BCUT2D eigenvalue weighted by Crippen LogP contribution is -2.14. The zero-order valence-electron chi connectivity index (χ0n) is 21.7. The van der Waals surface area contributed by atoms with Gasteiger partial charge in [-0.15, -0.1) is 0 Å². The van der Waals surface area contributed by atoms with Gasteiger partial charge in [-0.3, -0.25) is 9.11 Å². The van der Waals surface area contributed by atoms with Gasteiger partial charge in [0.1, 0.15) is 0 Å². The molecular formula is C30H36N2O4S. The Morgan fingerprint density at radius 3 is 0.811 bits per heavy atom. The minimum absolute atomic E-state index is 0.0256. The van der Waals surface area contributed by atoms with Gasteiger partial charge in [-0.2, -0.15) is 8.42 Å². The van der Waals surface area contributed by atoms with E-state index in [4.69, 9.17) is 29.0 Å². The summed E-state index contributed by atoms with van der Waals surface area (Å²) in [6, 6.07) is 33.1. The van der Waals surface area contributed by atoms with Crippen molar-refractivity contribution in [1.29, 1.82) is 0 Å². The Morgan fingerprint density at radius 1 is 0.486 bits per heavy atom. The summed E-state index contributed by atoms with van der Waals surface area (Å²) in [6.45, 7) is 8.42. The Hall–Kier alpha value is -3.33. The molecule has 4 rings (SSSR count). The summed E-state index contributed by atoms with van der Waals surface area (Å²) in [4.78, 5) is 0. The molecule has 0 aliphatic carbocycles. The van der Waals surface area contributed by atoms with Crippen molar-refractivity contribution in [3.63, 3.8) is 0 Å². The molecule has 4 aromatic rings. The van der Waals surface area contributed by atoms with Gasteiger partial charge < -0.3 is 11.5 Å². The van der Waals surface area contributed by atoms with E-state index < -0.39 is 10.4 Å². The summed E-state index contributed by atoms with van der Waals surface area (Å²) < 4.78 is 31.6. The molecule has 0 aliphatic rings. The first-order chi connectivity index (χ1) is 17.4. The molecule has 0 bridgehead atoms. The van der Waals surface area contributed by atoms with Crippen LogP contribution in [0.25, 0.3) is 0 Å². The Morgan fingerprint density at radius 2 is 0.649 bits per heavy atom. The minimum Gasteiger partial charge on any atom is -0.320 e. The third-order valence-corrected chi connectivity index (χ3v) is 6.09. The van der Waals surface area contributed by atoms with Crippen molar-refractivity contribution in [2.24, 2.45) is 11.5 Å². The fourth-order valence-corrected chi connectivity index (χ4v) is 4.08. The number of nitrogens with two attached hydrogens (primary N) is 2. The third-order valence-electron chi connectivity index (χ3n) is 6.09. The molecule has 0 heterocycles. The van der Waals surface area contributed by atoms with E-state index in [-0.39, 0.29) is 12.1 Å². The zero-order valence-corrected chi connectivity index (χ0v) is 22.5. The van der Waals surface area contributed by atoms with Crippen molar-refractivity contribution in [2.75, 3.05) is 0 Å². The van der Waals surface area contributed by atoms with Gasteiger partial charge in [0.15, 0.2) is 0 Å². The molecule has 0 unspecified atom stereocenters. The van der Waals surface area contributed by atoms with Gasteiger partial charge in [0.05, 0.1) is 12.1 Å². The summed E-state index contributed by atoms with van der Waals surface area (Å²) in [5.74, 6) is 0. The number of benzene rings is 4. The molecule has 0 spiro atoms. The second-order valence-corrected chi connectivity index (χ2v) is 9.73. The quantitative estimate of drug-likeness (QED) is 0.243. The predicted octanol–water partition coefficient (Wildman–Crippen LogP) is 6.05. The van der Waals surface area contributed by atoms with E-state index in [1.54, 1.807) is 0 Å². The molecule has 0 saturated carbocycles. The first-order valence-corrected chi connectivity index (χ1v) is 13.2. The van der Waals surface area contributed by atoms with E-state index in [2.05, 4.69) is 76.2 Å². The lowest BCUT2D eigenvalue weighted by atomic mass is 9.93. The van der Waals surface area contributed by atoms with Gasteiger partial charge in [0, 0.05) is 0 Å². The van der Waals surface area contributed by atoms with Crippen molar-refractivity contribution in [3.8, 4) is 0 Å². The van der Waals surface area contributed by atoms with Crippen LogP contribution in [-0.4, -0.2) is 17.5 Å². The minimum atomic E-state index is -4.67. The highest BCUT2D eigenvalue weighted by molar-refractivity contribution is 7.79. The van der Waals surface area contributed by atoms with Crippen LogP contribution in [0.2, 0.25) is 0 Å². The molecule has 0 aromatic heterocycles. The van der Waals surface area contributed by atoms with Crippen LogP contribution >= 0.6 is 0 Å². The van der Waals surface area contributed by atoms with E-state index >= 15 is 0 Å². The molecule has 0 atom stereocenters. The maximum absolute atomic E-state index is 8.74. The lowest BCUT2D eigenvalue weighted by Gasteiger charge is -2.17. The standard InChI is InChI=1S/2C15H17N.H2O4S/c2*1-11-7-3-5-9-13(11)15(16)14-10-6-4-8-12(14)2;1-5(2,3)4/h2*3-10,15H,16H2,1-2H3;(H2,1,2,3,4). The maximum atomic E-state index is 8.74. The second-order valence-electron chi connectivity index (χ2n) is 8.83. The maximum Gasteiger partial charge on any atom is 0.394 e. The van der Waals surface area contributed by atoms with Crippen LogP contribution in [0.3, 0.4) is 0 Å². The normalized spacial score (nSPS) is 10.9. The molecule has 0 saturated heterocycles. The van der Waals surface area contributed by atoms with Crippen molar-refractivity contribution in [1.82, 2.24) is 0 Å². The first-order valence-electron chi connectivity index (χ1n) is 11.8. The molecule has 4 aromatic carbocycles. The Bertz CT molecular complexity index is 1210. The summed E-state index contributed by atoms with van der Waals surface area (Å²) >= 11 is 0. The van der Waals surface area contributed by atoms with Crippen LogP contribution in [0.15, 0.2) is 97.1 Å². The molecular weight excluding hydrogens is 484 g/mol. The van der Waals surface area contributed by atoms with Gasteiger partial charge in [-0.05, 0) is 72.2 Å². The molecule has 37 heavy (non-hydrogen) atoms. The van der Waals surface area contributed by atoms with Crippen LogP contribution in [0, 0.1) is 27.7 Å². The lowest BCUT2D eigenvalue weighted by molar-refractivity contribution is 0.381. The molecule has 7 heteroatoms. The molecule has 0 aliphatic heterocycles. The van der Waals surface area contributed by atoms with E-state index in [1.807, 2.05) is 48.5 Å². The SMILES string of the molecule is Cc1ccccc1C(N)c1ccccc1C.Cc1ccccc1C(N)c1ccccc1C.O=S(=O)(O)O. The number of rotatable bonds is 4. The van der Waals surface area contributed by atoms with Crippen molar-refractivity contribution in [2.45, 2.75) is 39.8 Å². The molecule has 0 radical (unpaired) electrons. The highest BCUT2D eigenvalue weighted by atomic mass is 32.3. The highest BCUT2D eigenvalue weighted by Gasteiger charge is 2.13. The first kappa shape index (κ1) is 29.9. The number of hydrogen-bond acceptors (Lipinski definition) is 4. The highest BCUT2D eigenvalue weighted by Crippen LogP contribution is 2.25. The van der Waals surface area contributed by atoms with Crippen molar-refractivity contribution in [3.05, 3.63) is 142 Å². The van der Waals surface area contributed by atoms with E-state index in [9.17, 15) is 0 Å². The van der Waals surface area contributed by atoms with Crippen molar-refractivity contribution >= 4 is 10.4 Å². The van der Waals surface area contributed by atoms with Gasteiger partial charge in [0.25, 0.3) is 0 Å². The fourth-order valence-electron chi connectivity index (χ4n) is 4.08. The van der Waals surface area contributed by atoms with Crippen LogP contribution in [0.4, 0.5) is 0 Å². The number of hydrogen-bond donors (Lipinski definition) is 4. The summed E-state index contributed by atoms with van der Waals surface area (Å²) in [5.41, 5.74) is 22.5. The second kappa shape index (κ2) is 13.8. The zero-order chi connectivity index (χ0) is 27.6.